The van der Waals surface area contributed by atoms with Gasteiger partial charge in [-0.1, -0.05) is 6.07 Å². The third-order valence-electron chi connectivity index (χ3n) is 4.44. The number of ether oxygens (including phenoxy) is 3. The van der Waals surface area contributed by atoms with Gasteiger partial charge in [-0.25, -0.2) is 4.98 Å². The summed E-state index contributed by atoms with van der Waals surface area (Å²) < 4.78 is 17.3. The van der Waals surface area contributed by atoms with Crippen molar-refractivity contribution in [3.05, 3.63) is 68.8 Å². The summed E-state index contributed by atoms with van der Waals surface area (Å²) in [5.41, 5.74) is 0.555. The Morgan fingerprint density at radius 3 is 2.90 bits per heavy atom. The van der Waals surface area contributed by atoms with Crippen molar-refractivity contribution >= 4 is 16.6 Å². The first-order chi connectivity index (χ1) is 14.0. The maximum absolute atomic E-state index is 12.6. The van der Waals surface area contributed by atoms with Gasteiger partial charge in [0.2, 0.25) is 6.79 Å². The van der Waals surface area contributed by atoms with E-state index in [9.17, 15) is 20.0 Å². The smallest absolute Gasteiger partial charge is 0.270 e. The van der Waals surface area contributed by atoms with Crippen LogP contribution in [0.4, 0.5) is 5.69 Å². The first kappa shape index (κ1) is 18.8. The molecule has 0 saturated carbocycles. The molecule has 0 spiro atoms. The van der Waals surface area contributed by atoms with Crippen LogP contribution in [0.15, 0.2) is 47.5 Å². The SMILES string of the molecule is O=c1c2cc([N+](=O)[O-])ccc2ncn1C[C@H](O)COCc1ccc2c(c1)OCO2. The van der Waals surface area contributed by atoms with Crippen molar-refractivity contribution in [3.8, 4) is 11.5 Å². The Kier molecular flexibility index (Phi) is 5.10. The number of nitro benzene ring substituents is 1. The molecular weight excluding hydrogens is 382 g/mol. The van der Waals surface area contributed by atoms with Crippen molar-refractivity contribution < 1.29 is 24.2 Å². The fourth-order valence-electron chi connectivity index (χ4n) is 3.01. The van der Waals surface area contributed by atoms with Gasteiger partial charge < -0.3 is 19.3 Å². The second-order valence-electron chi connectivity index (χ2n) is 6.52. The summed E-state index contributed by atoms with van der Waals surface area (Å²) in [6.07, 6.45) is 0.344. The Morgan fingerprint density at radius 1 is 1.24 bits per heavy atom. The minimum Gasteiger partial charge on any atom is -0.454 e. The maximum Gasteiger partial charge on any atom is 0.270 e. The quantitative estimate of drug-likeness (QED) is 0.469. The predicted octanol–water partition coefficient (Wildman–Crippen LogP) is 1.61. The molecule has 1 aliphatic rings. The number of nitrogens with zero attached hydrogens (tertiary/aromatic N) is 3. The van der Waals surface area contributed by atoms with Gasteiger partial charge in [-0.15, -0.1) is 0 Å². The number of fused-ring (bicyclic) bond motifs is 2. The molecule has 29 heavy (non-hydrogen) atoms. The molecular formula is C19H17N3O7. The van der Waals surface area contributed by atoms with Gasteiger partial charge in [-0.2, -0.15) is 0 Å². The van der Waals surface area contributed by atoms with Crippen LogP contribution in [-0.4, -0.2) is 39.1 Å². The number of aliphatic hydroxyl groups is 1. The average Bonchev–Trinajstić information content (AvgIpc) is 3.18. The van der Waals surface area contributed by atoms with Gasteiger partial charge in [0.05, 0.1) is 48.0 Å². The highest BCUT2D eigenvalue weighted by Crippen LogP contribution is 2.32. The molecule has 0 amide bonds. The van der Waals surface area contributed by atoms with E-state index in [1.54, 1.807) is 12.1 Å². The zero-order chi connectivity index (χ0) is 20.4. The standard InChI is InChI=1S/C19H17N3O7/c23-14(9-27-8-12-1-4-17-18(5-12)29-11-28-17)7-21-10-20-16-3-2-13(22(25)26)6-15(16)19(21)24/h1-6,10,14,23H,7-9,11H2/t14-/m0/s1. The molecule has 0 unspecified atom stereocenters. The highest BCUT2D eigenvalue weighted by molar-refractivity contribution is 5.79. The molecule has 10 heteroatoms. The molecule has 0 bridgehead atoms. The van der Waals surface area contributed by atoms with Crippen LogP contribution < -0.4 is 15.0 Å². The van der Waals surface area contributed by atoms with Crippen molar-refractivity contribution in [2.24, 2.45) is 0 Å². The largest absolute Gasteiger partial charge is 0.454 e. The minimum atomic E-state index is -0.959. The number of benzene rings is 2. The molecule has 4 rings (SSSR count). The van der Waals surface area contributed by atoms with Crippen LogP contribution in [0, 0.1) is 10.1 Å². The van der Waals surface area contributed by atoms with E-state index in [0.717, 1.165) is 5.56 Å². The second kappa shape index (κ2) is 7.86. The van der Waals surface area contributed by atoms with Crippen LogP contribution in [0.1, 0.15) is 5.56 Å². The Balaban J connectivity index is 1.39. The molecule has 0 radical (unpaired) electrons. The van der Waals surface area contributed by atoms with Gasteiger partial charge in [0.15, 0.2) is 11.5 Å². The fourth-order valence-corrected chi connectivity index (χ4v) is 3.01. The van der Waals surface area contributed by atoms with Gasteiger partial charge in [0, 0.05) is 12.1 Å². The molecule has 1 atom stereocenters. The number of hydrogen-bond acceptors (Lipinski definition) is 8. The minimum absolute atomic E-state index is 0.00609. The van der Waals surface area contributed by atoms with Crippen molar-refractivity contribution in [2.45, 2.75) is 19.3 Å². The normalized spacial score (nSPS) is 13.6. The highest BCUT2D eigenvalue weighted by atomic mass is 16.7. The van der Waals surface area contributed by atoms with Crippen molar-refractivity contribution in [3.63, 3.8) is 0 Å². The van der Waals surface area contributed by atoms with Crippen molar-refractivity contribution in [1.29, 1.82) is 0 Å². The third-order valence-corrected chi connectivity index (χ3v) is 4.44. The summed E-state index contributed by atoms with van der Waals surface area (Å²) in [4.78, 5) is 27.0. The zero-order valence-electron chi connectivity index (χ0n) is 15.2. The zero-order valence-corrected chi connectivity index (χ0v) is 15.2. The Hall–Kier alpha value is -3.50. The van der Waals surface area contributed by atoms with Gasteiger partial charge in [-0.05, 0) is 23.8 Å². The summed E-state index contributed by atoms with van der Waals surface area (Å²) in [6, 6.07) is 9.33. The van der Waals surface area contributed by atoms with Gasteiger partial charge in [0.25, 0.3) is 11.2 Å². The summed E-state index contributed by atoms with van der Waals surface area (Å²) in [6.45, 7) is 0.389. The average molecular weight is 399 g/mol. The lowest BCUT2D eigenvalue weighted by molar-refractivity contribution is -0.384. The van der Waals surface area contributed by atoms with E-state index in [2.05, 4.69) is 4.98 Å². The molecule has 10 nitrogen and oxygen atoms in total. The summed E-state index contributed by atoms with van der Waals surface area (Å²) in [5.74, 6) is 1.33. The first-order valence-electron chi connectivity index (χ1n) is 8.79. The van der Waals surface area contributed by atoms with E-state index >= 15 is 0 Å². The molecule has 2 heterocycles. The van der Waals surface area contributed by atoms with Crippen LogP contribution in [-0.2, 0) is 17.9 Å². The molecule has 0 saturated heterocycles. The number of nitro groups is 1. The number of rotatable bonds is 7. The topological polar surface area (TPSA) is 126 Å². The fraction of sp³-hybridized carbons (Fsp3) is 0.263. The first-order valence-corrected chi connectivity index (χ1v) is 8.79. The van der Waals surface area contributed by atoms with Gasteiger partial charge in [-0.3, -0.25) is 19.5 Å². The molecule has 0 aliphatic carbocycles. The molecule has 2 aromatic carbocycles. The second-order valence-corrected chi connectivity index (χ2v) is 6.52. The van der Waals surface area contributed by atoms with Crippen molar-refractivity contribution in [2.75, 3.05) is 13.4 Å². The van der Waals surface area contributed by atoms with E-state index in [4.69, 9.17) is 14.2 Å². The Bertz CT molecular complexity index is 1130. The maximum atomic E-state index is 12.6. The van der Waals surface area contributed by atoms with Crippen LogP contribution in [0.5, 0.6) is 11.5 Å². The highest BCUT2D eigenvalue weighted by Gasteiger charge is 2.15. The van der Waals surface area contributed by atoms with E-state index < -0.39 is 16.6 Å². The molecule has 1 aromatic heterocycles. The number of hydrogen-bond donors (Lipinski definition) is 1. The Morgan fingerprint density at radius 2 is 2.07 bits per heavy atom. The summed E-state index contributed by atoms with van der Waals surface area (Å²) >= 11 is 0. The van der Waals surface area contributed by atoms with Gasteiger partial charge in [0.1, 0.15) is 0 Å². The van der Waals surface area contributed by atoms with Crippen molar-refractivity contribution in [1.82, 2.24) is 9.55 Å². The molecule has 0 fully saturated rings. The van der Waals surface area contributed by atoms with Gasteiger partial charge >= 0.3 is 0 Å². The van der Waals surface area contributed by atoms with E-state index in [0.29, 0.717) is 17.0 Å². The summed E-state index contributed by atoms with van der Waals surface area (Å²) in [7, 11) is 0. The number of aromatic nitrogens is 2. The summed E-state index contributed by atoms with van der Waals surface area (Å²) in [5, 5.41) is 21.3. The third kappa shape index (κ3) is 4.03. The van der Waals surface area contributed by atoms with E-state index in [-0.39, 0.29) is 37.6 Å². The van der Waals surface area contributed by atoms with Crippen LogP contribution in [0.2, 0.25) is 0 Å². The molecule has 150 valence electrons. The Labute approximate surface area is 164 Å². The lowest BCUT2D eigenvalue weighted by Gasteiger charge is -2.13. The molecule has 1 N–H and O–H groups in total. The predicted molar refractivity (Wildman–Crippen MR) is 101 cm³/mol. The lowest BCUT2D eigenvalue weighted by Crippen LogP contribution is -2.29. The van der Waals surface area contributed by atoms with Crippen LogP contribution >= 0.6 is 0 Å². The monoisotopic (exact) mass is 399 g/mol. The van der Waals surface area contributed by atoms with E-state index in [1.165, 1.54) is 29.1 Å². The lowest BCUT2D eigenvalue weighted by atomic mass is 10.2. The number of non-ortho nitro benzene ring substituents is 1. The van der Waals surface area contributed by atoms with Crippen LogP contribution in [0.25, 0.3) is 10.9 Å². The number of aliphatic hydroxyl groups excluding tert-OH is 1. The molecule has 1 aliphatic heterocycles. The molecule has 3 aromatic rings. The van der Waals surface area contributed by atoms with E-state index in [1.807, 2.05) is 6.07 Å². The van der Waals surface area contributed by atoms with Crippen LogP contribution in [0.3, 0.4) is 0 Å².